The molecule has 1 atom stereocenters. The van der Waals surface area contributed by atoms with Crippen LogP contribution in [0.4, 0.5) is 0 Å². The minimum Gasteiger partial charge on any atom is -0.289 e. The number of thiol groups is 1. The normalized spacial score (nSPS) is 30.9. The summed E-state index contributed by atoms with van der Waals surface area (Å²) in [5, 5.41) is 0. The number of rotatable bonds is 1. The standard InChI is InChI=1S/C5H8NOS/c7-4-5-2-1-3-6(5)8/h5,8H,1-3H2. The highest BCUT2D eigenvalue weighted by molar-refractivity contribution is 7.77. The zero-order valence-corrected chi connectivity index (χ0v) is 5.40. The molecular formula is C5H8NOS. The average Bonchev–Trinajstić information content (AvgIpc) is 2.14. The van der Waals surface area contributed by atoms with Gasteiger partial charge in [0.05, 0.1) is 6.04 Å². The van der Waals surface area contributed by atoms with E-state index in [2.05, 4.69) is 12.8 Å². The fourth-order valence-corrected chi connectivity index (χ4v) is 1.18. The first-order chi connectivity index (χ1) is 3.84. The molecule has 0 aromatic rings. The van der Waals surface area contributed by atoms with Gasteiger partial charge in [-0.25, -0.2) is 4.31 Å². The number of hydrogen-bond acceptors (Lipinski definition) is 3. The Balaban J connectivity index is 2.41. The zero-order valence-electron chi connectivity index (χ0n) is 4.50. The summed E-state index contributed by atoms with van der Waals surface area (Å²) in [4.78, 5) is 10.0. The second-order valence-electron chi connectivity index (χ2n) is 1.94. The Kier molecular flexibility index (Phi) is 1.91. The van der Waals surface area contributed by atoms with Crippen LogP contribution in [-0.4, -0.2) is 23.2 Å². The van der Waals surface area contributed by atoms with Crippen molar-refractivity contribution >= 4 is 19.1 Å². The van der Waals surface area contributed by atoms with Gasteiger partial charge in [0.1, 0.15) is 0 Å². The molecular weight excluding hydrogens is 122 g/mol. The number of carbonyl (C=O) groups excluding carboxylic acids is 1. The molecule has 0 amide bonds. The number of nitrogens with zero attached hydrogens (tertiary/aromatic N) is 1. The highest BCUT2D eigenvalue weighted by Gasteiger charge is 2.20. The molecule has 1 rings (SSSR count). The second-order valence-corrected chi connectivity index (χ2v) is 2.45. The van der Waals surface area contributed by atoms with Crippen molar-refractivity contribution in [1.29, 1.82) is 0 Å². The van der Waals surface area contributed by atoms with E-state index >= 15 is 0 Å². The van der Waals surface area contributed by atoms with E-state index in [4.69, 9.17) is 0 Å². The Morgan fingerprint density at radius 1 is 1.75 bits per heavy atom. The van der Waals surface area contributed by atoms with E-state index < -0.39 is 0 Å². The van der Waals surface area contributed by atoms with Crippen molar-refractivity contribution in [3.8, 4) is 0 Å². The van der Waals surface area contributed by atoms with Crippen molar-refractivity contribution in [3.05, 3.63) is 0 Å². The third-order valence-electron chi connectivity index (χ3n) is 1.36. The van der Waals surface area contributed by atoms with Crippen LogP contribution >= 0.6 is 12.8 Å². The van der Waals surface area contributed by atoms with Crippen LogP contribution in [0, 0.1) is 0 Å². The molecule has 0 aliphatic carbocycles. The first kappa shape index (κ1) is 6.11. The van der Waals surface area contributed by atoms with E-state index in [1.54, 1.807) is 4.31 Å². The lowest BCUT2D eigenvalue weighted by atomic mass is 10.2. The molecule has 1 saturated heterocycles. The second kappa shape index (κ2) is 2.51. The van der Waals surface area contributed by atoms with E-state index in [1.165, 1.54) is 0 Å². The summed E-state index contributed by atoms with van der Waals surface area (Å²) >= 11 is 4.04. The van der Waals surface area contributed by atoms with Crippen molar-refractivity contribution in [3.63, 3.8) is 0 Å². The van der Waals surface area contributed by atoms with Crippen molar-refractivity contribution < 1.29 is 4.79 Å². The van der Waals surface area contributed by atoms with Crippen molar-refractivity contribution in [2.75, 3.05) is 6.54 Å². The molecule has 0 saturated carbocycles. The largest absolute Gasteiger partial charge is 0.289 e. The topological polar surface area (TPSA) is 20.3 Å². The third-order valence-corrected chi connectivity index (χ3v) is 1.84. The first-order valence-electron chi connectivity index (χ1n) is 2.68. The van der Waals surface area contributed by atoms with Gasteiger partial charge in [0, 0.05) is 6.54 Å². The predicted molar refractivity (Wildman–Crippen MR) is 34.4 cm³/mol. The molecule has 1 radical (unpaired) electrons. The zero-order chi connectivity index (χ0) is 5.98. The summed E-state index contributed by atoms with van der Waals surface area (Å²) in [7, 11) is 0. The lowest BCUT2D eigenvalue weighted by Crippen LogP contribution is -2.20. The lowest BCUT2D eigenvalue weighted by molar-refractivity contribution is 0.479. The summed E-state index contributed by atoms with van der Waals surface area (Å²) in [6, 6.07) is -0.0432. The van der Waals surface area contributed by atoms with Crippen LogP contribution in [0.3, 0.4) is 0 Å². The van der Waals surface area contributed by atoms with E-state index in [9.17, 15) is 4.79 Å². The Bertz CT molecular complexity index is 96.4. The fourth-order valence-electron chi connectivity index (χ4n) is 0.871. The molecule has 1 aliphatic heterocycles. The highest BCUT2D eigenvalue weighted by atomic mass is 32.1. The van der Waals surface area contributed by atoms with Crippen molar-refractivity contribution in [2.45, 2.75) is 18.9 Å². The molecule has 3 heteroatoms. The predicted octanol–water partition coefficient (Wildman–Crippen LogP) is 0.405. The van der Waals surface area contributed by atoms with Crippen LogP contribution in [0.25, 0.3) is 0 Å². The molecule has 0 aromatic heterocycles. The van der Waals surface area contributed by atoms with E-state index in [0.29, 0.717) is 0 Å². The average molecular weight is 130 g/mol. The first-order valence-corrected chi connectivity index (χ1v) is 3.08. The van der Waals surface area contributed by atoms with Crippen molar-refractivity contribution in [1.82, 2.24) is 4.31 Å². The SMILES string of the molecule is O=[C]C1CCCN1S. The van der Waals surface area contributed by atoms with Gasteiger partial charge in [0.15, 0.2) is 0 Å². The van der Waals surface area contributed by atoms with Gasteiger partial charge in [-0.1, -0.05) is 12.8 Å². The molecule has 1 heterocycles. The molecule has 0 N–H and O–H groups in total. The smallest absolute Gasteiger partial charge is 0.218 e. The maximum atomic E-state index is 10.0. The molecule has 1 aliphatic rings. The molecule has 45 valence electrons. The monoisotopic (exact) mass is 130 g/mol. The van der Waals surface area contributed by atoms with Gasteiger partial charge in [-0.05, 0) is 12.8 Å². The summed E-state index contributed by atoms with van der Waals surface area (Å²) in [6.07, 6.45) is 3.91. The van der Waals surface area contributed by atoms with Crippen LogP contribution in [0.1, 0.15) is 12.8 Å². The van der Waals surface area contributed by atoms with Crippen molar-refractivity contribution in [2.24, 2.45) is 0 Å². The van der Waals surface area contributed by atoms with Gasteiger partial charge in [0.25, 0.3) is 0 Å². The van der Waals surface area contributed by atoms with Crippen LogP contribution < -0.4 is 0 Å². The Morgan fingerprint density at radius 2 is 2.50 bits per heavy atom. The van der Waals surface area contributed by atoms with Gasteiger partial charge >= 0.3 is 0 Å². The van der Waals surface area contributed by atoms with Crippen LogP contribution in [0.2, 0.25) is 0 Å². The Hall–Kier alpha value is -0.0200. The highest BCUT2D eigenvalue weighted by Crippen LogP contribution is 2.16. The van der Waals surface area contributed by atoms with E-state index in [1.807, 2.05) is 6.29 Å². The maximum absolute atomic E-state index is 10.0. The molecule has 0 spiro atoms. The summed E-state index contributed by atoms with van der Waals surface area (Å²) in [6.45, 7) is 0.920. The van der Waals surface area contributed by atoms with E-state index in [-0.39, 0.29) is 6.04 Å². The molecule has 8 heavy (non-hydrogen) atoms. The minimum atomic E-state index is -0.0432. The molecule has 0 aromatic carbocycles. The summed E-state index contributed by atoms with van der Waals surface area (Å²) in [5.41, 5.74) is 0. The molecule has 0 bridgehead atoms. The summed E-state index contributed by atoms with van der Waals surface area (Å²) in [5.74, 6) is 0. The molecule has 2 nitrogen and oxygen atoms in total. The van der Waals surface area contributed by atoms with Crippen LogP contribution in [-0.2, 0) is 4.79 Å². The molecule has 1 unspecified atom stereocenters. The van der Waals surface area contributed by atoms with Gasteiger partial charge in [0.2, 0.25) is 6.29 Å². The van der Waals surface area contributed by atoms with Crippen LogP contribution in [0.15, 0.2) is 0 Å². The van der Waals surface area contributed by atoms with Gasteiger partial charge < -0.3 is 0 Å². The Morgan fingerprint density at radius 3 is 2.75 bits per heavy atom. The van der Waals surface area contributed by atoms with Gasteiger partial charge in [-0.15, -0.1) is 0 Å². The quantitative estimate of drug-likeness (QED) is 0.519. The minimum absolute atomic E-state index is 0.0432. The molecule has 1 fully saturated rings. The number of hydrogen-bond donors (Lipinski definition) is 1. The summed E-state index contributed by atoms with van der Waals surface area (Å²) < 4.78 is 1.73. The van der Waals surface area contributed by atoms with Gasteiger partial charge in [-0.3, -0.25) is 4.79 Å². The Labute approximate surface area is 54.4 Å². The fraction of sp³-hybridized carbons (Fsp3) is 0.800. The third kappa shape index (κ3) is 1.03. The lowest BCUT2D eigenvalue weighted by Gasteiger charge is -2.08. The van der Waals surface area contributed by atoms with Crippen LogP contribution in [0.5, 0.6) is 0 Å². The van der Waals surface area contributed by atoms with Gasteiger partial charge in [-0.2, -0.15) is 0 Å². The van der Waals surface area contributed by atoms with E-state index in [0.717, 1.165) is 19.4 Å². The maximum Gasteiger partial charge on any atom is 0.218 e.